The van der Waals surface area contributed by atoms with Gasteiger partial charge in [-0.05, 0) is 61.5 Å². The van der Waals surface area contributed by atoms with Crippen LogP contribution in [0.15, 0.2) is 18.2 Å². The van der Waals surface area contributed by atoms with Gasteiger partial charge in [0.1, 0.15) is 5.84 Å². The van der Waals surface area contributed by atoms with Gasteiger partial charge in [-0.25, -0.2) is 0 Å². The second-order valence-corrected chi connectivity index (χ2v) is 14.9. The Morgan fingerprint density at radius 2 is 2.07 bits per heavy atom. The Balaban J connectivity index is 1.69. The van der Waals surface area contributed by atoms with Gasteiger partial charge in [0.25, 0.3) is 0 Å². The van der Waals surface area contributed by atoms with Gasteiger partial charge in [0, 0.05) is 30.7 Å². The molecular formula is C22H37N3O2Si. The monoisotopic (exact) mass is 403 g/mol. The largest absolute Gasteiger partial charge is 0.416 e. The number of piperidine rings is 1. The molecular weight excluding hydrogens is 366 g/mol. The number of hydroxylamine groups is 1. The third-order valence-electron chi connectivity index (χ3n) is 7.31. The number of likely N-dealkylation sites (tertiary alicyclic amines) is 1. The van der Waals surface area contributed by atoms with Crippen LogP contribution in [0.1, 0.15) is 56.7 Å². The van der Waals surface area contributed by atoms with Crippen molar-refractivity contribution in [3.05, 3.63) is 34.9 Å². The van der Waals surface area contributed by atoms with Crippen LogP contribution in [0.4, 0.5) is 0 Å². The molecule has 1 fully saturated rings. The molecule has 1 heterocycles. The number of amidine groups is 1. The van der Waals surface area contributed by atoms with Gasteiger partial charge in [-0.3, -0.25) is 16.1 Å². The molecule has 1 aromatic rings. The van der Waals surface area contributed by atoms with Gasteiger partial charge < -0.3 is 9.33 Å². The second-order valence-electron chi connectivity index (χ2n) is 10.1. The number of hydrogen-bond donors (Lipinski definition) is 3. The molecule has 1 aliphatic heterocycles. The average molecular weight is 404 g/mol. The normalized spacial score (nSPS) is 23.1. The van der Waals surface area contributed by atoms with E-state index in [4.69, 9.17) is 9.84 Å². The van der Waals surface area contributed by atoms with E-state index in [0.29, 0.717) is 0 Å². The first-order valence-electron chi connectivity index (χ1n) is 10.6. The Bertz CT molecular complexity index is 729. The van der Waals surface area contributed by atoms with E-state index in [1.807, 2.05) is 17.6 Å². The molecule has 1 unspecified atom stereocenters. The zero-order valence-corrected chi connectivity index (χ0v) is 19.2. The second kappa shape index (κ2) is 7.90. The summed E-state index contributed by atoms with van der Waals surface area (Å²) in [5.41, 5.74) is 5.69. The molecule has 0 amide bonds. The van der Waals surface area contributed by atoms with Crippen LogP contribution in [0, 0.1) is 5.41 Å². The van der Waals surface area contributed by atoms with Crippen LogP contribution in [-0.2, 0) is 16.3 Å². The van der Waals surface area contributed by atoms with Gasteiger partial charge in [0.05, 0.1) is 0 Å². The lowest BCUT2D eigenvalue weighted by molar-refractivity contribution is 0.121. The van der Waals surface area contributed by atoms with Crippen LogP contribution in [0.2, 0.25) is 18.1 Å². The first-order valence-corrected chi connectivity index (χ1v) is 13.5. The highest BCUT2D eigenvalue weighted by Crippen LogP contribution is 2.46. The Morgan fingerprint density at radius 1 is 1.32 bits per heavy atom. The number of fused-ring (bicyclic) bond motifs is 2. The summed E-state index contributed by atoms with van der Waals surface area (Å²) in [5, 5.41) is 17.4. The van der Waals surface area contributed by atoms with Crippen molar-refractivity contribution in [2.75, 3.05) is 26.2 Å². The minimum absolute atomic E-state index is 0.101. The summed E-state index contributed by atoms with van der Waals surface area (Å²) in [5.74, 6) is 0.101. The van der Waals surface area contributed by atoms with E-state index in [-0.39, 0.29) is 16.3 Å². The minimum Gasteiger partial charge on any atom is -0.416 e. The smallest absolute Gasteiger partial charge is 0.192 e. The molecule has 5 nitrogen and oxygen atoms in total. The molecule has 28 heavy (non-hydrogen) atoms. The van der Waals surface area contributed by atoms with Crippen LogP contribution in [0.3, 0.4) is 0 Å². The van der Waals surface area contributed by atoms with Crippen molar-refractivity contribution in [3.8, 4) is 0 Å². The van der Waals surface area contributed by atoms with Gasteiger partial charge >= 0.3 is 0 Å². The van der Waals surface area contributed by atoms with Gasteiger partial charge in [-0.1, -0.05) is 39.0 Å². The number of nitrogens with zero attached hydrogens (tertiary/aromatic N) is 1. The molecule has 1 saturated heterocycles. The predicted molar refractivity (Wildman–Crippen MR) is 117 cm³/mol. The van der Waals surface area contributed by atoms with Gasteiger partial charge in [-0.2, -0.15) is 0 Å². The van der Waals surface area contributed by atoms with Crippen molar-refractivity contribution in [2.24, 2.45) is 0 Å². The lowest BCUT2D eigenvalue weighted by Gasteiger charge is -2.42. The molecule has 156 valence electrons. The Kier molecular flexibility index (Phi) is 6.06. The highest BCUT2D eigenvalue weighted by Gasteiger charge is 2.43. The average Bonchev–Trinajstić information content (AvgIpc) is 2.98. The lowest BCUT2D eigenvalue weighted by atomic mass is 9.75. The molecule has 3 rings (SSSR count). The van der Waals surface area contributed by atoms with Crippen molar-refractivity contribution < 1.29 is 9.63 Å². The molecule has 1 atom stereocenters. The van der Waals surface area contributed by atoms with E-state index in [0.717, 1.165) is 44.6 Å². The summed E-state index contributed by atoms with van der Waals surface area (Å²) in [6.45, 7) is 15.6. The molecule has 6 heteroatoms. The lowest BCUT2D eigenvalue weighted by Crippen LogP contribution is -2.48. The van der Waals surface area contributed by atoms with Crippen molar-refractivity contribution in [1.82, 2.24) is 10.4 Å². The fourth-order valence-electron chi connectivity index (χ4n) is 4.63. The molecule has 3 N–H and O–H groups in total. The van der Waals surface area contributed by atoms with E-state index in [2.05, 4.69) is 44.8 Å². The summed E-state index contributed by atoms with van der Waals surface area (Å²) in [7, 11) is -1.69. The topological polar surface area (TPSA) is 68.6 Å². The van der Waals surface area contributed by atoms with Crippen LogP contribution in [0.25, 0.3) is 0 Å². The first-order chi connectivity index (χ1) is 13.1. The van der Waals surface area contributed by atoms with Gasteiger partial charge in [0.2, 0.25) is 0 Å². The third-order valence-corrected chi connectivity index (χ3v) is 11.9. The minimum atomic E-state index is -1.69. The summed E-state index contributed by atoms with van der Waals surface area (Å²) in [6.07, 6.45) is 4.55. The standard InChI is InChI=1S/C22H37N3O2Si/c1-21(2,3)28(4,5)27-15-14-25-13-7-11-22(16-25)12-10-17-18(20(23)24-26)8-6-9-19(17)22/h6,8-9,26H,7,10-16H2,1-5H3,(H2,23,24). The van der Waals surface area contributed by atoms with Crippen LogP contribution in [-0.4, -0.2) is 50.5 Å². The molecule has 0 aromatic heterocycles. The van der Waals surface area contributed by atoms with Crippen LogP contribution < -0.4 is 5.48 Å². The maximum Gasteiger partial charge on any atom is 0.192 e. The zero-order chi connectivity index (χ0) is 20.6. The van der Waals surface area contributed by atoms with Gasteiger partial charge in [-0.15, -0.1) is 0 Å². The maximum absolute atomic E-state index is 9.19. The summed E-state index contributed by atoms with van der Waals surface area (Å²) in [6, 6.07) is 6.22. The molecule has 0 radical (unpaired) electrons. The zero-order valence-electron chi connectivity index (χ0n) is 18.2. The van der Waals surface area contributed by atoms with E-state index in [1.165, 1.54) is 24.0 Å². The summed E-state index contributed by atoms with van der Waals surface area (Å²) >= 11 is 0. The quantitative estimate of drug-likeness (QED) is 0.297. The van der Waals surface area contributed by atoms with E-state index in [1.54, 1.807) is 0 Å². The van der Waals surface area contributed by atoms with E-state index < -0.39 is 8.32 Å². The van der Waals surface area contributed by atoms with Crippen molar-refractivity contribution in [1.29, 1.82) is 5.41 Å². The summed E-state index contributed by atoms with van der Waals surface area (Å²) in [4.78, 5) is 2.58. The Hall–Kier alpha value is -1.21. The van der Waals surface area contributed by atoms with Crippen molar-refractivity contribution in [2.45, 2.75) is 70.0 Å². The third kappa shape index (κ3) is 4.06. The first kappa shape index (κ1) is 21.5. The molecule has 1 spiro atoms. The Labute approximate surface area is 171 Å². The fraction of sp³-hybridized carbons (Fsp3) is 0.682. The van der Waals surface area contributed by atoms with Crippen LogP contribution >= 0.6 is 0 Å². The molecule has 2 aliphatic rings. The number of benzene rings is 1. The SMILES string of the molecule is CC(C)(C)[Si](C)(C)OCCN1CCCC2(CCc3c(C(=N)NO)cccc32)C1. The van der Waals surface area contributed by atoms with Gasteiger partial charge in [0.15, 0.2) is 8.32 Å². The molecule has 1 aromatic carbocycles. The highest BCUT2D eigenvalue weighted by atomic mass is 28.4. The van der Waals surface area contributed by atoms with Crippen molar-refractivity contribution >= 4 is 14.2 Å². The Morgan fingerprint density at radius 3 is 2.75 bits per heavy atom. The highest BCUT2D eigenvalue weighted by molar-refractivity contribution is 6.74. The number of hydrogen-bond acceptors (Lipinski definition) is 4. The maximum atomic E-state index is 9.19. The van der Waals surface area contributed by atoms with E-state index in [9.17, 15) is 5.21 Å². The summed E-state index contributed by atoms with van der Waals surface area (Å²) < 4.78 is 6.42. The molecule has 1 aliphatic carbocycles. The predicted octanol–water partition coefficient (Wildman–Crippen LogP) is 4.29. The van der Waals surface area contributed by atoms with E-state index >= 15 is 0 Å². The van der Waals surface area contributed by atoms with Crippen LogP contribution in [0.5, 0.6) is 0 Å². The fourth-order valence-corrected chi connectivity index (χ4v) is 5.67. The number of rotatable bonds is 5. The molecule has 0 saturated carbocycles. The van der Waals surface area contributed by atoms with Crippen molar-refractivity contribution in [3.63, 3.8) is 0 Å². The molecule has 0 bridgehead atoms. The number of nitrogens with one attached hydrogen (secondary N) is 2.